The van der Waals surface area contributed by atoms with Crippen LogP contribution in [0.1, 0.15) is 6.92 Å². The second-order valence-corrected chi connectivity index (χ2v) is 6.36. The van der Waals surface area contributed by atoms with Gasteiger partial charge >= 0.3 is 0 Å². The molecule has 2 rings (SSSR count). The van der Waals surface area contributed by atoms with Gasteiger partial charge in [0.15, 0.2) is 15.5 Å². The van der Waals surface area contributed by atoms with E-state index >= 15 is 0 Å². The number of aromatic nitrogens is 4. The van der Waals surface area contributed by atoms with Gasteiger partial charge in [-0.3, -0.25) is 4.68 Å². The van der Waals surface area contributed by atoms with Gasteiger partial charge in [0, 0.05) is 19.3 Å². The van der Waals surface area contributed by atoms with E-state index in [-0.39, 0.29) is 11.5 Å². The number of nitrogens with one attached hydrogen (secondary N) is 1. The Morgan fingerprint density at radius 2 is 2.17 bits per heavy atom. The Morgan fingerprint density at radius 1 is 1.39 bits per heavy atom. The first kappa shape index (κ1) is 12.7. The zero-order chi connectivity index (χ0) is 13.2. The van der Waals surface area contributed by atoms with Gasteiger partial charge in [-0.1, -0.05) is 6.92 Å². The Morgan fingerprint density at radius 3 is 2.89 bits per heavy atom. The third-order valence-electron chi connectivity index (χ3n) is 2.67. The van der Waals surface area contributed by atoms with Crippen molar-refractivity contribution >= 4 is 26.7 Å². The lowest BCUT2D eigenvalue weighted by molar-refractivity contribution is 0.597. The van der Waals surface area contributed by atoms with Gasteiger partial charge in [-0.15, -0.1) is 0 Å². The van der Waals surface area contributed by atoms with Crippen LogP contribution in [0.15, 0.2) is 12.5 Å². The molecule has 2 aromatic heterocycles. The lowest BCUT2D eigenvalue weighted by Crippen LogP contribution is -2.17. The van der Waals surface area contributed by atoms with E-state index in [9.17, 15) is 8.42 Å². The van der Waals surface area contributed by atoms with E-state index in [2.05, 4.69) is 20.4 Å². The molecule has 1 N–H and O–H groups in total. The molecule has 0 fully saturated rings. The molecule has 0 aliphatic rings. The molecule has 0 aliphatic carbocycles. The van der Waals surface area contributed by atoms with Crippen LogP contribution < -0.4 is 5.32 Å². The molecule has 0 saturated carbocycles. The van der Waals surface area contributed by atoms with Crippen molar-refractivity contribution in [1.82, 2.24) is 19.7 Å². The smallest absolute Gasteiger partial charge is 0.163 e. The minimum Gasteiger partial charge on any atom is -0.368 e. The number of anilines is 1. The van der Waals surface area contributed by atoms with E-state index < -0.39 is 9.84 Å². The minimum atomic E-state index is -2.96. The van der Waals surface area contributed by atoms with Gasteiger partial charge in [0.1, 0.15) is 12.1 Å². The quantitative estimate of drug-likeness (QED) is 0.834. The summed E-state index contributed by atoms with van der Waals surface area (Å²) in [5, 5.41) is 7.88. The Hall–Kier alpha value is -1.70. The number of hydrogen-bond acceptors (Lipinski definition) is 6. The summed E-state index contributed by atoms with van der Waals surface area (Å²) in [4.78, 5) is 8.20. The molecule has 0 saturated heterocycles. The third kappa shape index (κ3) is 2.58. The van der Waals surface area contributed by atoms with Crippen molar-refractivity contribution in [2.24, 2.45) is 7.05 Å². The van der Waals surface area contributed by atoms with E-state index in [0.29, 0.717) is 18.0 Å². The molecule has 18 heavy (non-hydrogen) atoms. The summed E-state index contributed by atoms with van der Waals surface area (Å²) in [5.41, 5.74) is 0.714. The molecule has 2 heterocycles. The van der Waals surface area contributed by atoms with Crippen LogP contribution in [0.2, 0.25) is 0 Å². The fourth-order valence-electron chi connectivity index (χ4n) is 1.57. The molecule has 7 nitrogen and oxygen atoms in total. The minimum absolute atomic E-state index is 0.0925. The molecule has 8 heteroatoms. The molecule has 0 atom stereocenters. The molecule has 2 aromatic rings. The van der Waals surface area contributed by atoms with E-state index in [4.69, 9.17) is 0 Å². The van der Waals surface area contributed by atoms with Crippen molar-refractivity contribution in [1.29, 1.82) is 0 Å². The van der Waals surface area contributed by atoms with Crippen LogP contribution in [0, 0.1) is 0 Å². The highest BCUT2D eigenvalue weighted by Crippen LogP contribution is 2.17. The van der Waals surface area contributed by atoms with Crippen LogP contribution >= 0.6 is 0 Å². The topological polar surface area (TPSA) is 89.8 Å². The lowest BCUT2D eigenvalue weighted by Gasteiger charge is -2.06. The normalized spacial score (nSPS) is 11.9. The summed E-state index contributed by atoms with van der Waals surface area (Å²) in [7, 11) is -1.17. The van der Waals surface area contributed by atoms with Crippen LogP contribution in [-0.4, -0.2) is 46.2 Å². The van der Waals surface area contributed by atoms with Crippen molar-refractivity contribution in [3.63, 3.8) is 0 Å². The summed E-state index contributed by atoms with van der Waals surface area (Å²) in [5.74, 6) is 0.857. The number of rotatable bonds is 5. The predicted octanol–water partition coefficient (Wildman–Crippen LogP) is 0.210. The predicted molar refractivity (Wildman–Crippen MR) is 69.1 cm³/mol. The highest BCUT2D eigenvalue weighted by Gasteiger charge is 2.10. The summed E-state index contributed by atoms with van der Waals surface area (Å²) in [6, 6.07) is 0. The Kier molecular flexibility index (Phi) is 3.46. The van der Waals surface area contributed by atoms with E-state index in [0.717, 1.165) is 5.39 Å². The average Bonchev–Trinajstić information content (AvgIpc) is 2.72. The molecule has 0 amide bonds. The molecule has 0 aliphatic heterocycles. The zero-order valence-electron chi connectivity index (χ0n) is 10.3. The number of hydrogen-bond donors (Lipinski definition) is 1. The number of nitrogens with zero attached hydrogens (tertiary/aromatic N) is 4. The van der Waals surface area contributed by atoms with Crippen LogP contribution in [-0.2, 0) is 16.9 Å². The fraction of sp³-hybridized carbons (Fsp3) is 0.500. The Balaban J connectivity index is 2.13. The van der Waals surface area contributed by atoms with Gasteiger partial charge in [0.25, 0.3) is 0 Å². The SMILES string of the molecule is CCS(=O)(=O)CCNc1ncnc2c1cnn2C. The number of sulfone groups is 1. The highest BCUT2D eigenvalue weighted by atomic mass is 32.2. The van der Waals surface area contributed by atoms with Crippen LogP contribution in [0.5, 0.6) is 0 Å². The standard InChI is InChI=1S/C10H15N5O2S/c1-3-18(16,17)5-4-11-9-8-6-14-15(2)10(8)13-7-12-9/h6-7H,3-5H2,1-2H3,(H,11,12,13). The molecule has 0 radical (unpaired) electrons. The molecular formula is C10H15N5O2S. The van der Waals surface area contributed by atoms with Crippen molar-refractivity contribution in [3.05, 3.63) is 12.5 Å². The molecular weight excluding hydrogens is 254 g/mol. The van der Waals surface area contributed by atoms with Gasteiger partial charge in [-0.05, 0) is 0 Å². The molecule has 98 valence electrons. The Bertz CT molecular complexity index is 649. The molecule has 0 aromatic carbocycles. The van der Waals surface area contributed by atoms with E-state index in [1.807, 2.05) is 0 Å². The first-order valence-corrected chi connectivity index (χ1v) is 7.42. The van der Waals surface area contributed by atoms with Crippen LogP contribution in [0.25, 0.3) is 11.0 Å². The second kappa shape index (κ2) is 4.89. The largest absolute Gasteiger partial charge is 0.368 e. The van der Waals surface area contributed by atoms with E-state index in [1.54, 1.807) is 24.9 Å². The van der Waals surface area contributed by atoms with Gasteiger partial charge in [-0.25, -0.2) is 18.4 Å². The molecule has 0 unspecified atom stereocenters. The van der Waals surface area contributed by atoms with Gasteiger partial charge in [0.05, 0.1) is 17.3 Å². The maximum Gasteiger partial charge on any atom is 0.163 e. The summed E-state index contributed by atoms with van der Waals surface area (Å²) in [6.07, 6.45) is 3.09. The molecule has 0 spiro atoms. The zero-order valence-corrected chi connectivity index (χ0v) is 11.1. The van der Waals surface area contributed by atoms with Gasteiger partial charge in [0.2, 0.25) is 0 Å². The van der Waals surface area contributed by atoms with Crippen molar-refractivity contribution < 1.29 is 8.42 Å². The number of aryl methyl sites for hydroxylation is 1. The van der Waals surface area contributed by atoms with Crippen LogP contribution in [0.3, 0.4) is 0 Å². The van der Waals surface area contributed by atoms with Crippen molar-refractivity contribution in [2.75, 3.05) is 23.4 Å². The van der Waals surface area contributed by atoms with Gasteiger partial charge < -0.3 is 5.32 Å². The van der Waals surface area contributed by atoms with Crippen molar-refractivity contribution in [3.8, 4) is 0 Å². The maximum atomic E-state index is 11.4. The maximum absolute atomic E-state index is 11.4. The van der Waals surface area contributed by atoms with E-state index in [1.165, 1.54) is 6.33 Å². The number of fused-ring (bicyclic) bond motifs is 1. The average molecular weight is 269 g/mol. The highest BCUT2D eigenvalue weighted by molar-refractivity contribution is 7.91. The molecule has 0 bridgehead atoms. The Labute approximate surface area is 105 Å². The van der Waals surface area contributed by atoms with Gasteiger partial charge in [-0.2, -0.15) is 5.10 Å². The summed E-state index contributed by atoms with van der Waals surface area (Å²) < 4.78 is 24.4. The van der Waals surface area contributed by atoms with Crippen LogP contribution in [0.4, 0.5) is 5.82 Å². The summed E-state index contributed by atoms with van der Waals surface area (Å²) >= 11 is 0. The lowest BCUT2D eigenvalue weighted by atomic mass is 10.4. The first-order chi connectivity index (χ1) is 8.53. The monoisotopic (exact) mass is 269 g/mol. The first-order valence-electron chi connectivity index (χ1n) is 5.60. The third-order valence-corrected chi connectivity index (χ3v) is 4.38. The fourth-order valence-corrected chi connectivity index (χ4v) is 2.27. The summed E-state index contributed by atoms with van der Waals surface area (Å²) in [6.45, 7) is 1.97. The second-order valence-electron chi connectivity index (χ2n) is 3.89. The van der Waals surface area contributed by atoms with Crippen molar-refractivity contribution in [2.45, 2.75) is 6.92 Å².